The molecule has 0 saturated carbocycles. The Labute approximate surface area is 348 Å². The van der Waals surface area contributed by atoms with Crippen LogP contribution in [0.4, 0.5) is 17.1 Å². The highest BCUT2D eigenvalue weighted by atomic mass is 15.1. The van der Waals surface area contributed by atoms with Crippen LogP contribution in [0.5, 0.6) is 0 Å². The number of anilines is 3. The Morgan fingerprint density at radius 1 is 0.441 bits per heavy atom. The van der Waals surface area contributed by atoms with E-state index in [2.05, 4.69) is 231 Å². The molecule has 2 unspecified atom stereocenters. The molecule has 0 aromatic heterocycles. The zero-order valence-electron chi connectivity index (χ0n) is 33.5. The van der Waals surface area contributed by atoms with Crippen molar-refractivity contribution in [3.63, 3.8) is 0 Å². The highest BCUT2D eigenvalue weighted by Gasteiger charge is 2.36. The van der Waals surface area contributed by atoms with Gasteiger partial charge in [0.25, 0.3) is 0 Å². The van der Waals surface area contributed by atoms with Gasteiger partial charge in [-0.05, 0) is 121 Å². The van der Waals surface area contributed by atoms with Crippen LogP contribution in [-0.2, 0) is 5.41 Å². The molecule has 0 spiro atoms. The molecular formula is C58H45N. The van der Waals surface area contributed by atoms with Crippen LogP contribution < -0.4 is 4.90 Å². The van der Waals surface area contributed by atoms with E-state index in [-0.39, 0.29) is 11.3 Å². The minimum atomic E-state index is -0.0660. The lowest BCUT2D eigenvalue weighted by Crippen LogP contribution is -2.16. The first kappa shape index (κ1) is 35.2. The first-order valence-corrected chi connectivity index (χ1v) is 21.0. The van der Waals surface area contributed by atoms with Gasteiger partial charge in [0.05, 0.1) is 0 Å². The molecule has 0 amide bonds. The van der Waals surface area contributed by atoms with Crippen LogP contribution in [0, 0.1) is 0 Å². The molecule has 0 saturated heterocycles. The van der Waals surface area contributed by atoms with Crippen LogP contribution >= 0.6 is 0 Å². The summed E-state index contributed by atoms with van der Waals surface area (Å²) < 4.78 is 0. The molecule has 1 nitrogen and oxygen atoms in total. The molecule has 8 aromatic rings. The molecule has 0 radical (unpaired) electrons. The zero-order chi connectivity index (χ0) is 39.5. The number of allylic oxidation sites excluding steroid dienone is 4. The molecule has 59 heavy (non-hydrogen) atoms. The smallest absolute Gasteiger partial charge is 0.0465 e. The first-order chi connectivity index (χ1) is 29.0. The van der Waals surface area contributed by atoms with Gasteiger partial charge in [0.15, 0.2) is 0 Å². The van der Waals surface area contributed by atoms with E-state index in [1.165, 1.54) is 83.6 Å². The van der Waals surface area contributed by atoms with Gasteiger partial charge >= 0.3 is 0 Å². The van der Waals surface area contributed by atoms with Gasteiger partial charge in [-0.1, -0.05) is 190 Å². The Kier molecular flexibility index (Phi) is 8.45. The first-order valence-electron chi connectivity index (χ1n) is 21.0. The summed E-state index contributed by atoms with van der Waals surface area (Å²) in [5, 5.41) is 0. The highest BCUT2D eigenvalue weighted by Crippen LogP contribution is 2.52. The lowest BCUT2D eigenvalue weighted by molar-refractivity contribution is 0.660. The fourth-order valence-corrected chi connectivity index (χ4v) is 10.1. The van der Waals surface area contributed by atoms with Crippen molar-refractivity contribution in [2.24, 2.45) is 0 Å². The van der Waals surface area contributed by atoms with Crippen molar-refractivity contribution in [1.82, 2.24) is 0 Å². The van der Waals surface area contributed by atoms with Gasteiger partial charge in [-0.3, -0.25) is 0 Å². The largest absolute Gasteiger partial charge is 0.310 e. The molecule has 282 valence electrons. The van der Waals surface area contributed by atoms with Crippen LogP contribution in [0.3, 0.4) is 0 Å². The van der Waals surface area contributed by atoms with Gasteiger partial charge < -0.3 is 4.90 Å². The fourth-order valence-electron chi connectivity index (χ4n) is 10.1. The van der Waals surface area contributed by atoms with Gasteiger partial charge in [-0.2, -0.15) is 0 Å². The Hall–Kier alpha value is -6.96. The minimum Gasteiger partial charge on any atom is -0.310 e. The number of para-hydroxylation sites is 1. The second kappa shape index (κ2) is 14.1. The quantitative estimate of drug-likeness (QED) is 0.157. The monoisotopic (exact) mass is 755 g/mol. The van der Waals surface area contributed by atoms with E-state index in [0.717, 1.165) is 17.8 Å². The van der Waals surface area contributed by atoms with Gasteiger partial charge in [-0.25, -0.2) is 0 Å². The maximum absolute atomic E-state index is 2.48. The molecule has 0 aliphatic heterocycles. The number of fused-ring (bicyclic) bond motifs is 6. The maximum atomic E-state index is 2.48. The molecule has 1 heteroatoms. The van der Waals surface area contributed by atoms with E-state index < -0.39 is 0 Å². The van der Waals surface area contributed by atoms with E-state index in [9.17, 15) is 0 Å². The minimum absolute atomic E-state index is 0.0660. The SMILES string of the molecule is CC1(C)c2ccccc2-c2ccc(N(c3ccccc3)c3ccc(C4=CC(c5ccc6c(c5)-c5ccccc5C6c5ccc(-c6ccccc6)cc5)CC=C4)cc3)cc21. The molecule has 0 heterocycles. The summed E-state index contributed by atoms with van der Waals surface area (Å²) in [5.74, 6) is 0.530. The number of hydrogen-bond acceptors (Lipinski definition) is 1. The number of nitrogens with zero attached hydrogens (tertiary/aromatic N) is 1. The Balaban J connectivity index is 0.896. The third-order valence-corrected chi connectivity index (χ3v) is 13.1. The maximum Gasteiger partial charge on any atom is 0.0465 e. The van der Waals surface area contributed by atoms with Crippen LogP contribution in [0.15, 0.2) is 212 Å². The van der Waals surface area contributed by atoms with E-state index >= 15 is 0 Å². The topological polar surface area (TPSA) is 3.24 Å². The summed E-state index contributed by atoms with van der Waals surface area (Å²) in [6, 6.07) is 71.9. The van der Waals surface area contributed by atoms with Crippen LogP contribution in [0.1, 0.15) is 71.0 Å². The zero-order valence-corrected chi connectivity index (χ0v) is 33.5. The van der Waals surface area contributed by atoms with Gasteiger partial charge in [0.1, 0.15) is 0 Å². The van der Waals surface area contributed by atoms with Crippen molar-refractivity contribution in [2.45, 2.75) is 37.5 Å². The third kappa shape index (κ3) is 6.00. The van der Waals surface area contributed by atoms with E-state index in [1.54, 1.807) is 0 Å². The normalized spacial score (nSPS) is 16.7. The third-order valence-electron chi connectivity index (χ3n) is 13.1. The summed E-state index contributed by atoms with van der Waals surface area (Å²) in [6.45, 7) is 4.71. The predicted molar refractivity (Wildman–Crippen MR) is 248 cm³/mol. The predicted octanol–water partition coefficient (Wildman–Crippen LogP) is 15.4. The Bertz CT molecular complexity index is 2910. The van der Waals surface area contributed by atoms with Crippen LogP contribution in [-0.4, -0.2) is 0 Å². The van der Waals surface area contributed by atoms with Crippen molar-refractivity contribution < 1.29 is 0 Å². The fraction of sp³-hybridized carbons (Fsp3) is 0.103. The second-order valence-electron chi connectivity index (χ2n) is 16.8. The van der Waals surface area contributed by atoms with Crippen molar-refractivity contribution in [1.29, 1.82) is 0 Å². The standard InChI is InChI=1S/C58H45N/c1-58(2)55-23-12-11-21-50(55)51-35-33-48(38-56(51)58)59(46-18-7-4-8-19-46)47-31-28-41(29-32-47)43-16-13-17-44(36-43)45-30-34-53-54(37-45)49-20-9-10-22-52(49)57(53)42-26-24-40(25-27-42)39-14-5-3-6-15-39/h3-16,18-38,44,57H,17H2,1-2H3. The Morgan fingerprint density at radius 2 is 1.03 bits per heavy atom. The van der Waals surface area contributed by atoms with Crippen molar-refractivity contribution >= 4 is 22.6 Å². The van der Waals surface area contributed by atoms with Gasteiger partial charge in [0.2, 0.25) is 0 Å². The highest BCUT2D eigenvalue weighted by molar-refractivity contribution is 5.87. The van der Waals surface area contributed by atoms with Crippen LogP contribution in [0.2, 0.25) is 0 Å². The number of rotatable bonds is 7. The molecule has 3 aliphatic rings. The van der Waals surface area contributed by atoms with Crippen molar-refractivity contribution in [3.8, 4) is 33.4 Å². The van der Waals surface area contributed by atoms with Gasteiger partial charge in [0, 0.05) is 34.3 Å². The second-order valence-corrected chi connectivity index (χ2v) is 16.8. The molecule has 0 fully saturated rings. The molecule has 0 bridgehead atoms. The number of hydrogen-bond donors (Lipinski definition) is 0. The molecule has 0 N–H and O–H groups in total. The summed E-state index contributed by atoms with van der Waals surface area (Å²) in [4.78, 5) is 2.39. The lowest BCUT2D eigenvalue weighted by Gasteiger charge is -2.28. The van der Waals surface area contributed by atoms with Crippen LogP contribution in [0.25, 0.3) is 39.0 Å². The van der Waals surface area contributed by atoms with E-state index in [4.69, 9.17) is 0 Å². The van der Waals surface area contributed by atoms with Crippen molar-refractivity contribution in [3.05, 3.63) is 251 Å². The Morgan fingerprint density at radius 3 is 1.83 bits per heavy atom. The van der Waals surface area contributed by atoms with Crippen molar-refractivity contribution in [2.75, 3.05) is 4.90 Å². The average Bonchev–Trinajstić information content (AvgIpc) is 3.75. The lowest BCUT2D eigenvalue weighted by atomic mass is 9.82. The summed E-state index contributed by atoms with van der Waals surface area (Å²) >= 11 is 0. The van der Waals surface area contributed by atoms with E-state index in [0.29, 0.717) is 5.92 Å². The average molecular weight is 756 g/mol. The summed E-state index contributed by atoms with van der Waals surface area (Å²) in [6.07, 6.45) is 8.13. The molecule has 3 aliphatic carbocycles. The molecule has 11 rings (SSSR count). The van der Waals surface area contributed by atoms with Gasteiger partial charge in [-0.15, -0.1) is 0 Å². The molecular weight excluding hydrogens is 711 g/mol. The molecule has 2 atom stereocenters. The summed E-state index contributed by atoms with van der Waals surface area (Å²) in [7, 11) is 0. The summed E-state index contributed by atoms with van der Waals surface area (Å²) in [5.41, 5.74) is 22.1. The van der Waals surface area contributed by atoms with E-state index in [1.807, 2.05) is 0 Å². The molecule has 8 aromatic carbocycles. The number of benzene rings is 8.